The lowest BCUT2D eigenvalue weighted by Gasteiger charge is -1.99. The molecule has 12 heavy (non-hydrogen) atoms. The molecule has 72 valence electrons. The van der Waals surface area contributed by atoms with Crippen molar-refractivity contribution >= 4 is 8.25 Å². The van der Waals surface area contributed by atoms with E-state index in [0.29, 0.717) is 6.61 Å². The van der Waals surface area contributed by atoms with E-state index < -0.39 is 8.25 Å². The van der Waals surface area contributed by atoms with Crippen LogP contribution in [0.25, 0.3) is 0 Å². The summed E-state index contributed by atoms with van der Waals surface area (Å²) in [5, 5.41) is 8.61. The van der Waals surface area contributed by atoms with Crippen molar-refractivity contribution in [2.45, 2.75) is 20.3 Å². The standard InChI is InChI=1S/C7H16O4P/c1-3-4-10-12(9)11-6-7(2)5-8/h7-8H,3-6H2,1-2H3/q+1/t7-/m0/s1. The highest BCUT2D eigenvalue weighted by Crippen LogP contribution is 2.24. The first kappa shape index (κ1) is 12.0. The molecule has 0 fully saturated rings. The van der Waals surface area contributed by atoms with Crippen molar-refractivity contribution in [1.29, 1.82) is 0 Å². The zero-order valence-electron chi connectivity index (χ0n) is 7.52. The molecular formula is C7H16O4P+. The molecule has 0 aromatic heterocycles. The second-order valence-electron chi connectivity index (χ2n) is 2.64. The lowest BCUT2D eigenvalue weighted by molar-refractivity contribution is 0.157. The molecule has 0 aliphatic carbocycles. The van der Waals surface area contributed by atoms with Crippen molar-refractivity contribution in [3.63, 3.8) is 0 Å². The average molecular weight is 195 g/mol. The summed E-state index contributed by atoms with van der Waals surface area (Å²) in [6.07, 6.45) is 0.819. The maximum Gasteiger partial charge on any atom is 0.697 e. The van der Waals surface area contributed by atoms with Crippen molar-refractivity contribution in [2.24, 2.45) is 5.92 Å². The minimum atomic E-state index is -1.99. The third kappa shape index (κ3) is 6.68. The Bertz CT molecular complexity index is 129. The van der Waals surface area contributed by atoms with E-state index >= 15 is 0 Å². The van der Waals surface area contributed by atoms with Gasteiger partial charge < -0.3 is 5.11 Å². The average Bonchev–Trinajstić information content (AvgIpc) is 2.10. The van der Waals surface area contributed by atoms with Gasteiger partial charge in [0.25, 0.3) is 0 Å². The second kappa shape index (κ2) is 7.62. The van der Waals surface area contributed by atoms with E-state index in [9.17, 15) is 4.57 Å². The monoisotopic (exact) mass is 195 g/mol. The van der Waals surface area contributed by atoms with E-state index in [1.165, 1.54) is 0 Å². The summed E-state index contributed by atoms with van der Waals surface area (Å²) in [5.74, 6) is 0.00850. The van der Waals surface area contributed by atoms with Gasteiger partial charge in [-0.1, -0.05) is 13.8 Å². The fraction of sp³-hybridized carbons (Fsp3) is 1.00. The molecule has 0 aliphatic rings. The highest BCUT2D eigenvalue weighted by atomic mass is 31.1. The van der Waals surface area contributed by atoms with Crippen LogP contribution in [0.15, 0.2) is 0 Å². The quantitative estimate of drug-likeness (QED) is 0.628. The van der Waals surface area contributed by atoms with Crippen LogP contribution in [0.1, 0.15) is 20.3 Å². The lowest BCUT2D eigenvalue weighted by atomic mass is 10.2. The molecule has 4 nitrogen and oxygen atoms in total. The first-order valence-corrected chi connectivity index (χ1v) is 5.14. The maximum atomic E-state index is 10.8. The molecule has 1 N–H and O–H groups in total. The van der Waals surface area contributed by atoms with Gasteiger partial charge >= 0.3 is 8.25 Å². The molecule has 2 atom stereocenters. The zero-order valence-corrected chi connectivity index (χ0v) is 8.42. The molecule has 0 aromatic carbocycles. The Hall–Kier alpha value is -0.0200. The Kier molecular flexibility index (Phi) is 7.61. The molecule has 0 radical (unpaired) electrons. The molecule has 0 amide bonds. The van der Waals surface area contributed by atoms with Crippen LogP contribution in [0.2, 0.25) is 0 Å². The summed E-state index contributed by atoms with van der Waals surface area (Å²) in [6.45, 7) is 4.50. The van der Waals surface area contributed by atoms with Gasteiger partial charge in [0.05, 0.1) is 0 Å². The van der Waals surface area contributed by atoms with Gasteiger partial charge in [0.2, 0.25) is 0 Å². The first-order valence-electron chi connectivity index (χ1n) is 4.04. The van der Waals surface area contributed by atoms with Gasteiger partial charge in [0, 0.05) is 17.1 Å². The van der Waals surface area contributed by atoms with E-state index in [1.807, 2.05) is 13.8 Å². The molecular weight excluding hydrogens is 179 g/mol. The molecule has 0 aliphatic heterocycles. The van der Waals surface area contributed by atoms with Crippen LogP contribution in [-0.2, 0) is 13.6 Å². The second-order valence-corrected chi connectivity index (χ2v) is 3.60. The molecule has 0 saturated carbocycles. The molecule has 0 spiro atoms. The van der Waals surface area contributed by atoms with Crippen LogP contribution >= 0.6 is 8.25 Å². The van der Waals surface area contributed by atoms with Gasteiger partial charge in [0.15, 0.2) is 0 Å². The number of aliphatic hydroxyl groups excluding tert-OH is 1. The number of hydrogen-bond acceptors (Lipinski definition) is 4. The van der Waals surface area contributed by atoms with Crippen LogP contribution in [0.4, 0.5) is 0 Å². The van der Waals surface area contributed by atoms with Gasteiger partial charge in [0.1, 0.15) is 13.2 Å². The topological polar surface area (TPSA) is 55.8 Å². The number of hydrogen-bond donors (Lipinski definition) is 1. The van der Waals surface area contributed by atoms with E-state index in [4.69, 9.17) is 14.2 Å². The third-order valence-electron chi connectivity index (χ3n) is 1.18. The molecule has 0 rings (SSSR count). The summed E-state index contributed by atoms with van der Waals surface area (Å²) in [6, 6.07) is 0. The SMILES string of the molecule is CCCO[P+](=O)OC[C@@H](C)CO. The highest BCUT2D eigenvalue weighted by Gasteiger charge is 2.20. The van der Waals surface area contributed by atoms with Crippen LogP contribution < -0.4 is 0 Å². The third-order valence-corrected chi connectivity index (χ3v) is 1.93. The van der Waals surface area contributed by atoms with E-state index in [2.05, 4.69) is 0 Å². The lowest BCUT2D eigenvalue weighted by Crippen LogP contribution is -2.07. The molecule has 0 saturated heterocycles. The largest absolute Gasteiger partial charge is 0.697 e. The predicted molar refractivity (Wildman–Crippen MR) is 46.1 cm³/mol. The molecule has 0 heterocycles. The van der Waals surface area contributed by atoms with E-state index in [0.717, 1.165) is 6.42 Å². The normalized spacial score (nSPS) is 14.4. The summed E-state index contributed by atoms with van der Waals surface area (Å²) < 4.78 is 20.5. The Morgan fingerprint density at radius 1 is 1.50 bits per heavy atom. The van der Waals surface area contributed by atoms with Crippen LogP contribution in [0.5, 0.6) is 0 Å². The van der Waals surface area contributed by atoms with Gasteiger partial charge in [-0.25, -0.2) is 0 Å². The Balaban J connectivity index is 3.31. The van der Waals surface area contributed by atoms with E-state index in [-0.39, 0.29) is 19.1 Å². The Labute approximate surface area is 73.8 Å². The first-order chi connectivity index (χ1) is 5.70. The highest BCUT2D eigenvalue weighted by molar-refractivity contribution is 7.33. The minimum absolute atomic E-state index is 0.00850. The van der Waals surface area contributed by atoms with Crippen molar-refractivity contribution in [3.05, 3.63) is 0 Å². The van der Waals surface area contributed by atoms with Crippen LogP contribution in [-0.4, -0.2) is 24.9 Å². The van der Waals surface area contributed by atoms with Crippen LogP contribution in [0.3, 0.4) is 0 Å². The van der Waals surface area contributed by atoms with Crippen molar-refractivity contribution in [1.82, 2.24) is 0 Å². The predicted octanol–water partition coefficient (Wildman–Crippen LogP) is 1.72. The fourth-order valence-electron chi connectivity index (χ4n) is 0.444. The molecule has 0 bridgehead atoms. The van der Waals surface area contributed by atoms with Crippen molar-refractivity contribution < 1.29 is 18.7 Å². The fourth-order valence-corrected chi connectivity index (χ4v) is 1.23. The summed E-state index contributed by atoms with van der Waals surface area (Å²) >= 11 is 0. The molecule has 1 unspecified atom stereocenters. The zero-order chi connectivity index (χ0) is 9.40. The summed E-state index contributed by atoms with van der Waals surface area (Å²) in [5.41, 5.74) is 0. The van der Waals surface area contributed by atoms with Crippen molar-refractivity contribution in [3.8, 4) is 0 Å². The molecule has 0 aromatic rings. The Morgan fingerprint density at radius 3 is 2.67 bits per heavy atom. The van der Waals surface area contributed by atoms with Crippen molar-refractivity contribution in [2.75, 3.05) is 19.8 Å². The maximum absolute atomic E-state index is 10.8. The van der Waals surface area contributed by atoms with E-state index in [1.54, 1.807) is 0 Å². The smallest absolute Gasteiger partial charge is 0.396 e. The summed E-state index contributed by atoms with van der Waals surface area (Å²) in [4.78, 5) is 0. The van der Waals surface area contributed by atoms with Gasteiger partial charge in [-0.05, 0) is 6.42 Å². The number of aliphatic hydroxyl groups is 1. The van der Waals surface area contributed by atoms with Gasteiger partial charge in [-0.3, -0.25) is 0 Å². The number of rotatable bonds is 7. The van der Waals surface area contributed by atoms with Gasteiger partial charge in [-0.15, -0.1) is 9.05 Å². The van der Waals surface area contributed by atoms with Gasteiger partial charge in [-0.2, -0.15) is 0 Å². The Morgan fingerprint density at radius 2 is 2.17 bits per heavy atom. The van der Waals surface area contributed by atoms with Crippen LogP contribution in [0, 0.1) is 5.92 Å². The molecule has 5 heteroatoms. The minimum Gasteiger partial charge on any atom is -0.396 e. The summed E-state index contributed by atoms with van der Waals surface area (Å²) in [7, 11) is -1.99.